The van der Waals surface area contributed by atoms with Crippen LogP contribution in [0.15, 0.2) is 24.3 Å². The second kappa shape index (κ2) is 5.01. The van der Waals surface area contributed by atoms with Gasteiger partial charge in [0.15, 0.2) is 6.10 Å². The Morgan fingerprint density at radius 1 is 1.17 bits per heavy atom. The van der Waals surface area contributed by atoms with Crippen LogP contribution in [-0.2, 0) is 11.2 Å². The van der Waals surface area contributed by atoms with Gasteiger partial charge in [0.1, 0.15) is 5.75 Å². The van der Waals surface area contributed by atoms with Gasteiger partial charge in [0.25, 0.3) is 5.91 Å². The molecule has 1 aromatic rings. The first-order valence-corrected chi connectivity index (χ1v) is 6.88. The maximum atomic E-state index is 12.1. The first-order chi connectivity index (χ1) is 8.83. The van der Waals surface area contributed by atoms with E-state index in [2.05, 4.69) is 5.32 Å². The molecule has 1 aliphatic carbocycles. The molecule has 0 radical (unpaired) electrons. The molecule has 0 spiro atoms. The third kappa shape index (κ3) is 2.35. The van der Waals surface area contributed by atoms with Crippen LogP contribution < -0.4 is 10.1 Å². The monoisotopic (exact) mass is 245 g/mol. The topological polar surface area (TPSA) is 38.3 Å². The summed E-state index contributed by atoms with van der Waals surface area (Å²) in [5, 5.41) is 3.13. The van der Waals surface area contributed by atoms with Gasteiger partial charge in [-0.1, -0.05) is 37.5 Å². The largest absolute Gasteiger partial charge is 0.480 e. The van der Waals surface area contributed by atoms with Crippen molar-refractivity contribution in [2.24, 2.45) is 0 Å². The summed E-state index contributed by atoms with van der Waals surface area (Å²) in [7, 11) is 0. The molecule has 96 valence electrons. The van der Waals surface area contributed by atoms with Gasteiger partial charge >= 0.3 is 0 Å². The van der Waals surface area contributed by atoms with E-state index in [-0.39, 0.29) is 12.0 Å². The molecule has 1 atom stereocenters. The van der Waals surface area contributed by atoms with Gasteiger partial charge in [-0.2, -0.15) is 0 Å². The number of ether oxygens (including phenoxy) is 1. The van der Waals surface area contributed by atoms with Crippen molar-refractivity contribution in [2.45, 2.75) is 50.7 Å². The van der Waals surface area contributed by atoms with Crippen LogP contribution in [0, 0.1) is 0 Å². The predicted molar refractivity (Wildman–Crippen MR) is 69.6 cm³/mol. The van der Waals surface area contributed by atoms with Crippen molar-refractivity contribution in [1.82, 2.24) is 5.32 Å². The number of rotatable bonds is 2. The van der Waals surface area contributed by atoms with Crippen LogP contribution >= 0.6 is 0 Å². The fourth-order valence-corrected chi connectivity index (χ4v) is 2.87. The van der Waals surface area contributed by atoms with Gasteiger partial charge in [-0.05, 0) is 24.5 Å². The van der Waals surface area contributed by atoms with Crippen molar-refractivity contribution in [3.8, 4) is 5.75 Å². The summed E-state index contributed by atoms with van der Waals surface area (Å²) in [6.45, 7) is 0. The number of carbonyl (C=O) groups is 1. The molecule has 1 amide bonds. The van der Waals surface area contributed by atoms with Gasteiger partial charge in [0, 0.05) is 12.5 Å². The Morgan fingerprint density at radius 2 is 1.94 bits per heavy atom. The average Bonchev–Trinajstić information content (AvgIpc) is 2.84. The smallest absolute Gasteiger partial charge is 0.261 e. The first kappa shape index (κ1) is 11.6. The summed E-state index contributed by atoms with van der Waals surface area (Å²) in [4.78, 5) is 12.1. The van der Waals surface area contributed by atoms with Crippen LogP contribution in [0.1, 0.15) is 37.7 Å². The summed E-state index contributed by atoms with van der Waals surface area (Å²) >= 11 is 0. The van der Waals surface area contributed by atoms with E-state index in [9.17, 15) is 4.79 Å². The third-order valence-corrected chi connectivity index (χ3v) is 3.89. The highest BCUT2D eigenvalue weighted by molar-refractivity contribution is 5.82. The molecule has 18 heavy (non-hydrogen) atoms. The fraction of sp³-hybridized carbons (Fsp3) is 0.533. The number of hydrogen-bond donors (Lipinski definition) is 1. The Labute approximate surface area is 108 Å². The molecule has 1 saturated carbocycles. The lowest BCUT2D eigenvalue weighted by molar-refractivity contribution is -0.128. The SMILES string of the molecule is O=C(NC1CCCCC1)[C@@H]1Cc2ccccc2O1. The van der Waals surface area contributed by atoms with Crippen molar-refractivity contribution < 1.29 is 9.53 Å². The minimum absolute atomic E-state index is 0.0538. The van der Waals surface area contributed by atoms with Gasteiger partial charge in [0.05, 0.1) is 0 Å². The van der Waals surface area contributed by atoms with E-state index in [0.29, 0.717) is 12.5 Å². The lowest BCUT2D eigenvalue weighted by atomic mass is 9.95. The molecule has 1 N–H and O–H groups in total. The molecule has 1 aliphatic heterocycles. The molecular formula is C15H19NO2. The average molecular weight is 245 g/mol. The van der Waals surface area contributed by atoms with Gasteiger partial charge in [-0.15, -0.1) is 0 Å². The van der Waals surface area contributed by atoms with E-state index in [1.54, 1.807) is 0 Å². The fourth-order valence-electron chi connectivity index (χ4n) is 2.87. The molecule has 1 fully saturated rings. The zero-order chi connectivity index (χ0) is 12.4. The van der Waals surface area contributed by atoms with Crippen LogP contribution in [0.2, 0.25) is 0 Å². The highest BCUT2D eigenvalue weighted by Gasteiger charge is 2.30. The second-order valence-electron chi connectivity index (χ2n) is 5.26. The van der Waals surface area contributed by atoms with Crippen molar-refractivity contribution in [1.29, 1.82) is 0 Å². The quantitative estimate of drug-likeness (QED) is 0.869. The molecule has 3 heteroatoms. The summed E-state index contributed by atoms with van der Waals surface area (Å²) in [5.41, 5.74) is 1.14. The number of amides is 1. The molecule has 1 aromatic carbocycles. The number of benzene rings is 1. The van der Waals surface area contributed by atoms with E-state index >= 15 is 0 Å². The molecule has 0 bridgehead atoms. The molecular weight excluding hydrogens is 226 g/mol. The van der Waals surface area contributed by atoms with Crippen molar-refractivity contribution >= 4 is 5.91 Å². The second-order valence-corrected chi connectivity index (χ2v) is 5.26. The van der Waals surface area contributed by atoms with Gasteiger partial charge in [-0.3, -0.25) is 4.79 Å². The minimum Gasteiger partial charge on any atom is -0.480 e. The highest BCUT2D eigenvalue weighted by Crippen LogP contribution is 2.28. The van der Waals surface area contributed by atoms with Crippen molar-refractivity contribution in [2.75, 3.05) is 0 Å². The van der Waals surface area contributed by atoms with Crippen LogP contribution in [0.4, 0.5) is 0 Å². The van der Waals surface area contributed by atoms with Crippen LogP contribution in [0.25, 0.3) is 0 Å². The van der Waals surface area contributed by atoms with Gasteiger partial charge in [0.2, 0.25) is 0 Å². The minimum atomic E-state index is -0.329. The Kier molecular flexibility index (Phi) is 3.22. The molecule has 1 heterocycles. The molecule has 2 aliphatic rings. The Hall–Kier alpha value is -1.51. The molecule has 3 rings (SSSR count). The standard InChI is InChI=1S/C15H19NO2/c17-15(16-12-7-2-1-3-8-12)14-10-11-6-4-5-9-13(11)18-14/h4-6,9,12,14H,1-3,7-8,10H2,(H,16,17)/t14-/m0/s1. The van der Waals surface area contributed by atoms with E-state index in [0.717, 1.165) is 24.2 Å². The lowest BCUT2D eigenvalue weighted by Gasteiger charge is -2.24. The van der Waals surface area contributed by atoms with Crippen LogP contribution in [-0.4, -0.2) is 18.1 Å². The first-order valence-electron chi connectivity index (χ1n) is 6.88. The van der Waals surface area contributed by atoms with Crippen molar-refractivity contribution in [3.63, 3.8) is 0 Å². The Balaban J connectivity index is 1.58. The molecule has 3 nitrogen and oxygen atoms in total. The van der Waals surface area contributed by atoms with E-state index in [4.69, 9.17) is 4.74 Å². The number of fused-ring (bicyclic) bond motifs is 1. The normalized spacial score (nSPS) is 23.2. The maximum absolute atomic E-state index is 12.1. The zero-order valence-corrected chi connectivity index (χ0v) is 10.5. The Morgan fingerprint density at radius 3 is 2.72 bits per heavy atom. The summed E-state index contributed by atoms with van der Waals surface area (Å²) in [6.07, 6.45) is 6.38. The Bertz CT molecular complexity index is 413. The maximum Gasteiger partial charge on any atom is 0.261 e. The number of para-hydroxylation sites is 1. The summed E-state index contributed by atoms with van der Waals surface area (Å²) in [6, 6.07) is 8.26. The predicted octanol–water partition coefficient (Wildman–Crippen LogP) is 2.44. The van der Waals surface area contributed by atoms with E-state index < -0.39 is 0 Å². The van der Waals surface area contributed by atoms with Crippen LogP contribution in [0.3, 0.4) is 0 Å². The summed E-state index contributed by atoms with van der Waals surface area (Å²) in [5.74, 6) is 0.916. The van der Waals surface area contributed by atoms with E-state index in [1.807, 2.05) is 24.3 Å². The van der Waals surface area contributed by atoms with Crippen LogP contribution in [0.5, 0.6) is 5.75 Å². The molecule has 0 aromatic heterocycles. The lowest BCUT2D eigenvalue weighted by Crippen LogP contribution is -2.44. The number of nitrogens with one attached hydrogen (secondary N) is 1. The number of hydrogen-bond acceptors (Lipinski definition) is 2. The van der Waals surface area contributed by atoms with Gasteiger partial charge in [-0.25, -0.2) is 0 Å². The van der Waals surface area contributed by atoms with Gasteiger partial charge < -0.3 is 10.1 Å². The van der Waals surface area contributed by atoms with Crippen molar-refractivity contribution in [3.05, 3.63) is 29.8 Å². The number of carbonyl (C=O) groups excluding carboxylic acids is 1. The molecule has 0 unspecified atom stereocenters. The third-order valence-electron chi connectivity index (χ3n) is 3.89. The zero-order valence-electron chi connectivity index (χ0n) is 10.5. The van der Waals surface area contributed by atoms with E-state index in [1.165, 1.54) is 19.3 Å². The highest BCUT2D eigenvalue weighted by atomic mass is 16.5. The molecule has 0 saturated heterocycles. The summed E-state index contributed by atoms with van der Waals surface area (Å²) < 4.78 is 5.70.